The molecular formula is C23H38O5S. The number of carbonyl (C=O) groups is 1. The summed E-state index contributed by atoms with van der Waals surface area (Å²) in [5.41, 5.74) is 0.739. The summed E-state index contributed by atoms with van der Waals surface area (Å²) in [6.07, 6.45) is 11.9. The summed E-state index contributed by atoms with van der Waals surface area (Å²) in [4.78, 5) is 11.8. The topological polar surface area (TPSA) is 69.7 Å². The third kappa shape index (κ3) is 10.3. The first kappa shape index (κ1) is 25.6. The maximum Gasteiger partial charge on any atom is 0.336 e. The standard InChI is InChI=1S/C23H38O5S/c1-4-6-7-8-9-10-11-12-13-14-17-21-18-15-16-19-22(21)29(25,26)28-20(3)23(24)27-5-2/h15-16,18-20H,4-14,17H2,1-3H3. The molecule has 0 amide bonds. The zero-order valence-electron chi connectivity index (χ0n) is 18.3. The quantitative estimate of drug-likeness (QED) is 0.190. The molecule has 0 bridgehead atoms. The summed E-state index contributed by atoms with van der Waals surface area (Å²) in [7, 11) is -4.02. The van der Waals surface area contributed by atoms with Crippen LogP contribution in [-0.2, 0) is 30.3 Å². The number of hydrogen-bond donors (Lipinski definition) is 0. The third-order valence-electron chi connectivity index (χ3n) is 4.93. The van der Waals surface area contributed by atoms with Gasteiger partial charge in [-0.25, -0.2) is 4.79 Å². The van der Waals surface area contributed by atoms with Gasteiger partial charge in [0, 0.05) is 0 Å². The Morgan fingerprint density at radius 3 is 2.03 bits per heavy atom. The van der Waals surface area contributed by atoms with Crippen LogP contribution in [0.15, 0.2) is 29.2 Å². The van der Waals surface area contributed by atoms with Crippen molar-refractivity contribution in [1.29, 1.82) is 0 Å². The zero-order valence-corrected chi connectivity index (χ0v) is 19.1. The third-order valence-corrected chi connectivity index (χ3v) is 6.41. The van der Waals surface area contributed by atoms with Crippen molar-refractivity contribution in [2.45, 2.75) is 102 Å². The molecule has 0 aromatic heterocycles. The Morgan fingerprint density at radius 2 is 1.45 bits per heavy atom. The predicted molar refractivity (Wildman–Crippen MR) is 116 cm³/mol. The predicted octanol–water partition coefficient (Wildman–Crippen LogP) is 5.81. The van der Waals surface area contributed by atoms with Crippen LogP contribution in [0, 0.1) is 0 Å². The monoisotopic (exact) mass is 426 g/mol. The lowest BCUT2D eigenvalue weighted by Gasteiger charge is -2.14. The maximum absolute atomic E-state index is 12.6. The molecule has 0 aliphatic rings. The van der Waals surface area contributed by atoms with Crippen LogP contribution in [0.25, 0.3) is 0 Å². The molecule has 0 N–H and O–H groups in total. The van der Waals surface area contributed by atoms with Crippen molar-refractivity contribution in [1.82, 2.24) is 0 Å². The van der Waals surface area contributed by atoms with Crippen molar-refractivity contribution in [3.8, 4) is 0 Å². The van der Waals surface area contributed by atoms with Crippen LogP contribution in [0.4, 0.5) is 0 Å². The van der Waals surface area contributed by atoms with Crippen LogP contribution in [0.1, 0.15) is 90.5 Å². The second-order valence-electron chi connectivity index (χ2n) is 7.48. The maximum atomic E-state index is 12.6. The van der Waals surface area contributed by atoms with Crippen molar-refractivity contribution < 1.29 is 22.1 Å². The Morgan fingerprint density at radius 1 is 0.897 bits per heavy atom. The van der Waals surface area contributed by atoms with Crippen molar-refractivity contribution in [3.05, 3.63) is 29.8 Å². The number of esters is 1. The Hall–Kier alpha value is -1.40. The molecule has 1 aromatic rings. The molecule has 0 radical (unpaired) electrons. The zero-order chi connectivity index (χ0) is 21.5. The van der Waals surface area contributed by atoms with E-state index in [2.05, 4.69) is 6.92 Å². The van der Waals surface area contributed by atoms with E-state index in [4.69, 9.17) is 8.92 Å². The summed E-state index contributed by atoms with van der Waals surface area (Å²) in [5.74, 6) is -0.678. The molecule has 0 heterocycles. The van der Waals surface area contributed by atoms with Crippen LogP contribution < -0.4 is 0 Å². The van der Waals surface area contributed by atoms with Gasteiger partial charge >= 0.3 is 5.97 Å². The second kappa shape index (κ2) is 14.6. The van der Waals surface area contributed by atoms with Gasteiger partial charge < -0.3 is 4.74 Å². The molecule has 0 aliphatic carbocycles. The first-order chi connectivity index (χ1) is 13.9. The van der Waals surface area contributed by atoms with Gasteiger partial charge in [0.05, 0.1) is 11.5 Å². The van der Waals surface area contributed by atoms with Gasteiger partial charge in [-0.05, 0) is 38.3 Å². The van der Waals surface area contributed by atoms with E-state index in [-0.39, 0.29) is 11.5 Å². The Kier molecular flexibility index (Phi) is 12.9. The van der Waals surface area contributed by atoms with Crippen LogP contribution in [0.5, 0.6) is 0 Å². The van der Waals surface area contributed by atoms with Crippen LogP contribution >= 0.6 is 0 Å². The molecule has 1 rings (SSSR count). The lowest BCUT2D eigenvalue weighted by Crippen LogP contribution is -2.26. The number of hydrogen-bond acceptors (Lipinski definition) is 5. The fourth-order valence-corrected chi connectivity index (χ4v) is 4.60. The van der Waals surface area contributed by atoms with E-state index >= 15 is 0 Å². The van der Waals surface area contributed by atoms with Gasteiger partial charge in [0.25, 0.3) is 10.1 Å². The Bertz CT molecular complexity index is 684. The normalized spacial score (nSPS) is 12.7. The molecule has 6 heteroatoms. The molecule has 0 spiro atoms. The van der Waals surface area contributed by atoms with Crippen LogP contribution in [-0.4, -0.2) is 27.1 Å². The number of carbonyl (C=O) groups excluding carboxylic acids is 1. The molecule has 29 heavy (non-hydrogen) atoms. The number of rotatable bonds is 16. The number of benzene rings is 1. The Balaban J connectivity index is 2.46. The summed E-state index contributed by atoms with van der Waals surface area (Å²) in [6, 6.07) is 6.87. The van der Waals surface area contributed by atoms with Crippen LogP contribution in [0.2, 0.25) is 0 Å². The van der Waals surface area contributed by atoms with Gasteiger partial charge in [-0.15, -0.1) is 0 Å². The Labute approximate surface area is 177 Å². The van der Waals surface area contributed by atoms with Gasteiger partial charge in [-0.1, -0.05) is 82.9 Å². The van der Waals surface area contributed by atoms with E-state index < -0.39 is 22.2 Å². The fourth-order valence-electron chi connectivity index (χ4n) is 3.30. The summed E-state index contributed by atoms with van der Waals surface area (Å²) < 4.78 is 35.2. The fraction of sp³-hybridized carbons (Fsp3) is 0.696. The first-order valence-electron chi connectivity index (χ1n) is 11.1. The lowest BCUT2D eigenvalue weighted by molar-refractivity contribution is -0.150. The summed E-state index contributed by atoms with van der Waals surface area (Å²) in [6.45, 7) is 5.47. The smallest absolute Gasteiger partial charge is 0.336 e. The minimum atomic E-state index is -4.02. The highest BCUT2D eigenvalue weighted by molar-refractivity contribution is 7.86. The molecule has 0 saturated carbocycles. The molecule has 1 unspecified atom stereocenters. The highest BCUT2D eigenvalue weighted by atomic mass is 32.2. The number of unbranched alkanes of at least 4 members (excludes halogenated alkanes) is 9. The minimum Gasteiger partial charge on any atom is -0.464 e. The van der Waals surface area contributed by atoms with Crippen molar-refractivity contribution in [3.63, 3.8) is 0 Å². The van der Waals surface area contributed by atoms with E-state index in [9.17, 15) is 13.2 Å². The van der Waals surface area contributed by atoms with E-state index in [1.807, 2.05) is 12.1 Å². The molecular weight excluding hydrogens is 388 g/mol. The highest BCUT2D eigenvalue weighted by Crippen LogP contribution is 2.22. The molecule has 0 aliphatic heterocycles. The van der Waals surface area contributed by atoms with Gasteiger partial charge in [0.1, 0.15) is 0 Å². The molecule has 0 fully saturated rings. The van der Waals surface area contributed by atoms with Gasteiger partial charge in [-0.3, -0.25) is 4.18 Å². The van der Waals surface area contributed by atoms with Gasteiger partial charge in [0.15, 0.2) is 6.10 Å². The van der Waals surface area contributed by atoms with Crippen molar-refractivity contribution in [2.75, 3.05) is 6.61 Å². The first-order valence-corrected chi connectivity index (χ1v) is 12.5. The molecule has 1 atom stereocenters. The minimum absolute atomic E-state index is 0.145. The molecule has 0 saturated heterocycles. The second-order valence-corrected chi connectivity index (χ2v) is 9.02. The molecule has 166 valence electrons. The molecule has 5 nitrogen and oxygen atoms in total. The van der Waals surface area contributed by atoms with Crippen molar-refractivity contribution in [2.24, 2.45) is 0 Å². The van der Waals surface area contributed by atoms with Crippen molar-refractivity contribution >= 4 is 16.1 Å². The van der Waals surface area contributed by atoms with E-state index in [0.717, 1.165) is 18.4 Å². The number of ether oxygens (including phenoxy) is 1. The highest BCUT2D eigenvalue weighted by Gasteiger charge is 2.26. The average Bonchev–Trinajstić information content (AvgIpc) is 2.69. The summed E-state index contributed by atoms with van der Waals surface area (Å²) >= 11 is 0. The largest absolute Gasteiger partial charge is 0.464 e. The SMILES string of the molecule is CCCCCCCCCCCCc1ccccc1S(=O)(=O)OC(C)C(=O)OCC. The van der Waals surface area contributed by atoms with E-state index in [0.29, 0.717) is 6.42 Å². The van der Waals surface area contributed by atoms with Gasteiger partial charge in [0.2, 0.25) is 0 Å². The van der Waals surface area contributed by atoms with Crippen LogP contribution in [0.3, 0.4) is 0 Å². The average molecular weight is 427 g/mol. The van der Waals surface area contributed by atoms with Gasteiger partial charge in [-0.2, -0.15) is 8.42 Å². The summed E-state index contributed by atoms with van der Waals surface area (Å²) in [5, 5.41) is 0. The van der Waals surface area contributed by atoms with E-state index in [1.54, 1.807) is 19.1 Å². The number of aryl methyl sites for hydroxylation is 1. The lowest BCUT2D eigenvalue weighted by atomic mass is 10.0. The molecule has 1 aromatic carbocycles. The van der Waals surface area contributed by atoms with E-state index in [1.165, 1.54) is 58.3 Å².